The van der Waals surface area contributed by atoms with Gasteiger partial charge in [-0.2, -0.15) is 0 Å². The summed E-state index contributed by atoms with van der Waals surface area (Å²) in [4.78, 5) is 4.59. The number of aliphatic imine (C=N–C) groups is 1. The SMILES string of the molecule is Cc1ccc(C)c(Oc2ccccc2C2=NCCCN2)c1C. The van der Waals surface area contributed by atoms with E-state index >= 15 is 0 Å². The van der Waals surface area contributed by atoms with Crippen LogP contribution in [0.5, 0.6) is 11.5 Å². The van der Waals surface area contributed by atoms with Crippen molar-refractivity contribution in [3.63, 3.8) is 0 Å². The van der Waals surface area contributed by atoms with Gasteiger partial charge in [0.1, 0.15) is 17.3 Å². The minimum atomic E-state index is 0.854. The summed E-state index contributed by atoms with van der Waals surface area (Å²) in [7, 11) is 0. The third-order valence-corrected chi connectivity index (χ3v) is 4.13. The van der Waals surface area contributed by atoms with Crippen molar-refractivity contribution < 1.29 is 4.74 Å². The predicted octanol–water partition coefficient (Wildman–Crippen LogP) is 4.14. The third-order valence-electron chi connectivity index (χ3n) is 4.13. The standard InChI is InChI=1S/C19H22N2O/c1-13-9-10-14(2)18(15(13)3)22-17-8-5-4-7-16(17)19-20-11-6-12-21-19/h4-5,7-10H,6,11-12H2,1-3H3,(H,20,21). The second kappa shape index (κ2) is 6.22. The number of ether oxygens (including phenoxy) is 1. The molecule has 0 spiro atoms. The summed E-state index contributed by atoms with van der Waals surface area (Å²) in [6, 6.07) is 12.3. The molecule has 1 aliphatic rings. The van der Waals surface area contributed by atoms with Crippen molar-refractivity contribution in [1.82, 2.24) is 5.32 Å². The van der Waals surface area contributed by atoms with E-state index in [1.807, 2.05) is 18.2 Å². The fraction of sp³-hybridized carbons (Fsp3) is 0.316. The van der Waals surface area contributed by atoms with Crippen molar-refractivity contribution in [3.05, 3.63) is 58.7 Å². The van der Waals surface area contributed by atoms with Crippen molar-refractivity contribution in [2.24, 2.45) is 4.99 Å². The van der Waals surface area contributed by atoms with Crippen molar-refractivity contribution in [2.45, 2.75) is 27.2 Å². The molecule has 0 fully saturated rings. The van der Waals surface area contributed by atoms with Crippen LogP contribution in [0.1, 0.15) is 28.7 Å². The van der Waals surface area contributed by atoms with Gasteiger partial charge in [-0.1, -0.05) is 24.3 Å². The number of aryl methyl sites for hydroxylation is 2. The van der Waals surface area contributed by atoms with Crippen LogP contribution in [-0.4, -0.2) is 18.9 Å². The van der Waals surface area contributed by atoms with E-state index < -0.39 is 0 Å². The van der Waals surface area contributed by atoms with Crippen LogP contribution < -0.4 is 10.1 Å². The molecule has 0 unspecified atom stereocenters. The number of nitrogens with zero attached hydrogens (tertiary/aromatic N) is 1. The Bertz CT molecular complexity index is 719. The lowest BCUT2D eigenvalue weighted by Crippen LogP contribution is -2.30. The molecule has 1 heterocycles. The molecule has 3 heteroatoms. The van der Waals surface area contributed by atoms with Gasteiger partial charge in [0.15, 0.2) is 0 Å². The first kappa shape index (κ1) is 14.6. The smallest absolute Gasteiger partial charge is 0.138 e. The largest absolute Gasteiger partial charge is 0.456 e. The van der Waals surface area contributed by atoms with Gasteiger partial charge in [-0.3, -0.25) is 4.99 Å². The van der Waals surface area contributed by atoms with Crippen LogP contribution in [0.25, 0.3) is 0 Å². The Balaban J connectivity index is 2.00. The van der Waals surface area contributed by atoms with Crippen LogP contribution >= 0.6 is 0 Å². The number of rotatable bonds is 3. The van der Waals surface area contributed by atoms with E-state index in [1.165, 1.54) is 11.1 Å². The first-order valence-corrected chi connectivity index (χ1v) is 7.79. The van der Waals surface area contributed by atoms with Crippen LogP contribution in [0.2, 0.25) is 0 Å². The molecule has 0 bridgehead atoms. The van der Waals surface area contributed by atoms with Crippen LogP contribution in [0.3, 0.4) is 0 Å². The molecule has 0 saturated carbocycles. The Morgan fingerprint density at radius 3 is 2.55 bits per heavy atom. The first-order valence-electron chi connectivity index (χ1n) is 7.79. The number of nitrogens with one attached hydrogen (secondary N) is 1. The molecular formula is C19H22N2O. The summed E-state index contributed by atoms with van der Waals surface area (Å²) in [5, 5.41) is 3.37. The van der Waals surface area contributed by atoms with Crippen LogP contribution in [-0.2, 0) is 0 Å². The maximum atomic E-state index is 6.28. The summed E-state index contributed by atoms with van der Waals surface area (Å²) in [6.07, 6.45) is 1.09. The van der Waals surface area contributed by atoms with E-state index in [0.29, 0.717) is 0 Å². The average molecular weight is 294 g/mol. The number of benzene rings is 2. The predicted molar refractivity (Wildman–Crippen MR) is 91.2 cm³/mol. The van der Waals surface area contributed by atoms with Gasteiger partial charge in [0, 0.05) is 13.1 Å². The zero-order valence-electron chi connectivity index (χ0n) is 13.4. The molecule has 22 heavy (non-hydrogen) atoms. The normalized spacial score (nSPS) is 14.2. The van der Waals surface area contributed by atoms with E-state index in [9.17, 15) is 0 Å². The minimum absolute atomic E-state index is 0.854. The minimum Gasteiger partial charge on any atom is -0.456 e. The highest BCUT2D eigenvalue weighted by Gasteiger charge is 2.15. The topological polar surface area (TPSA) is 33.6 Å². The average Bonchev–Trinajstić information content (AvgIpc) is 2.56. The van der Waals surface area contributed by atoms with Crippen molar-refractivity contribution in [1.29, 1.82) is 0 Å². The van der Waals surface area contributed by atoms with E-state index in [1.54, 1.807) is 0 Å². The fourth-order valence-electron chi connectivity index (χ4n) is 2.66. The fourth-order valence-corrected chi connectivity index (χ4v) is 2.66. The Kier molecular flexibility index (Phi) is 4.14. The van der Waals surface area contributed by atoms with Crippen molar-refractivity contribution in [3.8, 4) is 11.5 Å². The van der Waals surface area contributed by atoms with E-state index in [2.05, 4.69) is 49.3 Å². The number of amidine groups is 1. The van der Waals surface area contributed by atoms with Gasteiger partial charge in [0.05, 0.1) is 5.56 Å². The zero-order valence-corrected chi connectivity index (χ0v) is 13.4. The van der Waals surface area contributed by atoms with E-state index in [-0.39, 0.29) is 0 Å². The molecule has 2 aromatic rings. The van der Waals surface area contributed by atoms with Crippen molar-refractivity contribution >= 4 is 5.84 Å². The van der Waals surface area contributed by atoms with Crippen LogP contribution in [0.15, 0.2) is 41.4 Å². The second-order valence-corrected chi connectivity index (χ2v) is 5.76. The van der Waals surface area contributed by atoms with E-state index in [0.717, 1.165) is 48.0 Å². The lowest BCUT2D eigenvalue weighted by Gasteiger charge is -2.19. The number of hydrogen-bond acceptors (Lipinski definition) is 3. The summed E-state index contributed by atoms with van der Waals surface area (Å²) >= 11 is 0. The highest BCUT2D eigenvalue weighted by atomic mass is 16.5. The van der Waals surface area contributed by atoms with E-state index in [4.69, 9.17) is 4.74 Å². The molecule has 1 aliphatic heterocycles. The summed E-state index contributed by atoms with van der Waals surface area (Å²) in [5.41, 5.74) is 4.61. The molecule has 1 N–H and O–H groups in total. The molecule has 0 saturated heterocycles. The first-order chi connectivity index (χ1) is 10.7. The highest BCUT2D eigenvalue weighted by molar-refractivity contribution is 6.01. The quantitative estimate of drug-likeness (QED) is 0.923. The van der Waals surface area contributed by atoms with Gasteiger partial charge in [-0.15, -0.1) is 0 Å². The zero-order chi connectivity index (χ0) is 15.5. The lowest BCUT2D eigenvalue weighted by molar-refractivity contribution is 0.473. The molecular weight excluding hydrogens is 272 g/mol. The molecule has 3 nitrogen and oxygen atoms in total. The Labute approximate surface area is 132 Å². The van der Waals surface area contributed by atoms with Gasteiger partial charge in [0.25, 0.3) is 0 Å². The summed E-state index contributed by atoms with van der Waals surface area (Å²) in [5.74, 6) is 2.74. The number of hydrogen-bond donors (Lipinski definition) is 1. The highest BCUT2D eigenvalue weighted by Crippen LogP contribution is 2.32. The van der Waals surface area contributed by atoms with Crippen LogP contribution in [0.4, 0.5) is 0 Å². The lowest BCUT2D eigenvalue weighted by atomic mass is 10.1. The van der Waals surface area contributed by atoms with Crippen molar-refractivity contribution in [2.75, 3.05) is 13.1 Å². The Hall–Kier alpha value is -2.29. The van der Waals surface area contributed by atoms with Gasteiger partial charge in [0.2, 0.25) is 0 Å². The van der Waals surface area contributed by atoms with Gasteiger partial charge in [-0.25, -0.2) is 0 Å². The van der Waals surface area contributed by atoms with Gasteiger partial charge < -0.3 is 10.1 Å². The van der Waals surface area contributed by atoms with Gasteiger partial charge >= 0.3 is 0 Å². The molecule has 0 aliphatic carbocycles. The van der Waals surface area contributed by atoms with Crippen LogP contribution in [0, 0.1) is 20.8 Å². The second-order valence-electron chi connectivity index (χ2n) is 5.76. The molecule has 2 aromatic carbocycles. The molecule has 0 radical (unpaired) electrons. The summed E-state index contributed by atoms with van der Waals surface area (Å²) < 4.78 is 6.28. The molecule has 0 atom stereocenters. The molecule has 3 rings (SSSR count). The molecule has 0 aromatic heterocycles. The Morgan fingerprint density at radius 1 is 1.00 bits per heavy atom. The molecule has 0 amide bonds. The summed E-state index contributed by atoms with van der Waals surface area (Å²) in [6.45, 7) is 8.15. The maximum Gasteiger partial charge on any atom is 0.138 e. The maximum absolute atomic E-state index is 6.28. The Morgan fingerprint density at radius 2 is 1.77 bits per heavy atom. The molecule has 114 valence electrons. The number of para-hydroxylation sites is 1. The third kappa shape index (κ3) is 2.84. The van der Waals surface area contributed by atoms with Gasteiger partial charge in [-0.05, 0) is 56.0 Å². The monoisotopic (exact) mass is 294 g/mol.